The Labute approximate surface area is 212 Å². The molecule has 5 heterocycles. The van der Waals surface area contributed by atoms with Gasteiger partial charge in [0.15, 0.2) is 35.1 Å². The number of anilines is 1. The Hall–Kier alpha value is -4.04. The number of aromatic nitrogens is 6. The number of imidazole rings is 1. The molecule has 192 valence electrons. The highest BCUT2D eigenvalue weighted by Crippen LogP contribution is 2.33. The van der Waals surface area contributed by atoms with Crippen molar-refractivity contribution in [1.29, 1.82) is 0 Å². The smallest absolute Gasteiger partial charge is 0.266 e. The highest BCUT2D eigenvalue weighted by molar-refractivity contribution is 5.85. The van der Waals surface area contributed by atoms with Gasteiger partial charge in [0, 0.05) is 31.2 Å². The maximum Gasteiger partial charge on any atom is 0.266 e. The van der Waals surface area contributed by atoms with Crippen molar-refractivity contribution in [2.45, 2.75) is 44.9 Å². The van der Waals surface area contributed by atoms with Gasteiger partial charge in [0.1, 0.15) is 12.2 Å². The summed E-state index contributed by atoms with van der Waals surface area (Å²) in [5.74, 6) is 0.207. The molecule has 4 aromatic heterocycles. The van der Waals surface area contributed by atoms with Crippen molar-refractivity contribution in [3.8, 4) is 11.4 Å². The lowest BCUT2D eigenvalue weighted by molar-refractivity contribution is -0.138. The third-order valence-corrected chi connectivity index (χ3v) is 5.98. The topological polar surface area (TPSA) is 172 Å². The Bertz CT molecular complexity index is 1440. The molecule has 1 aliphatic rings. The maximum absolute atomic E-state index is 12.3. The summed E-state index contributed by atoms with van der Waals surface area (Å²) in [5.41, 5.74) is 9.15. The molecule has 13 heteroatoms. The highest BCUT2D eigenvalue weighted by Gasteiger charge is 2.47. The number of ether oxygens (including phenoxy) is 1. The van der Waals surface area contributed by atoms with E-state index in [4.69, 9.17) is 14.7 Å². The van der Waals surface area contributed by atoms with E-state index in [1.807, 2.05) is 32.0 Å². The maximum atomic E-state index is 12.3. The Balaban J connectivity index is 1.56. The number of carbonyl (C=O) groups is 1. The SMILES string of the molecule is CNNC(=O)[C@H]1O[C@@H](n2cnc3c(NCc4cc(C)ccn4)nc(-c4cncc(C)c4)nc32)[C@H](O)[C@@H]1O. The van der Waals surface area contributed by atoms with E-state index in [0.29, 0.717) is 34.9 Å². The Kier molecular flexibility index (Phi) is 6.76. The third kappa shape index (κ3) is 4.84. The minimum absolute atomic E-state index is 0.345. The van der Waals surface area contributed by atoms with Crippen LogP contribution in [0.4, 0.5) is 5.82 Å². The van der Waals surface area contributed by atoms with Crippen molar-refractivity contribution in [1.82, 2.24) is 40.3 Å². The van der Waals surface area contributed by atoms with Crippen molar-refractivity contribution >= 4 is 22.9 Å². The first-order valence-electron chi connectivity index (χ1n) is 11.7. The number of nitrogens with zero attached hydrogens (tertiary/aromatic N) is 6. The molecule has 5 rings (SSSR count). The summed E-state index contributed by atoms with van der Waals surface area (Å²) in [6.07, 6.45) is 1.30. The molecular weight excluding hydrogens is 478 g/mol. The molecular formula is C24H27N9O4. The number of rotatable bonds is 7. The number of hydrogen-bond donors (Lipinski definition) is 5. The first-order valence-corrected chi connectivity index (χ1v) is 11.7. The summed E-state index contributed by atoms with van der Waals surface area (Å²) in [6.45, 7) is 4.30. The van der Waals surface area contributed by atoms with Crippen molar-refractivity contribution in [2.24, 2.45) is 0 Å². The summed E-state index contributed by atoms with van der Waals surface area (Å²) in [6, 6.07) is 5.79. The second-order valence-electron chi connectivity index (χ2n) is 8.82. The van der Waals surface area contributed by atoms with Gasteiger partial charge in [0.2, 0.25) is 0 Å². The summed E-state index contributed by atoms with van der Waals surface area (Å²) in [4.78, 5) is 34.8. The van der Waals surface area contributed by atoms with E-state index in [1.165, 1.54) is 17.9 Å². The van der Waals surface area contributed by atoms with E-state index in [-0.39, 0.29) is 0 Å². The third-order valence-electron chi connectivity index (χ3n) is 5.98. The van der Waals surface area contributed by atoms with Gasteiger partial charge in [-0.25, -0.2) is 20.4 Å². The van der Waals surface area contributed by atoms with Gasteiger partial charge in [-0.1, -0.05) is 0 Å². The van der Waals surface area contributed by atoms with Crippen LogP contribution in [0.25, 0.3) is 22.6 Å². The fraction of sp³-hybridized carbons (Fsp3) is 0.333. The Morgan fingerprint density at radius 2 is 1.95 bits per heavy atom. The van der Waals surface area contributed by atoms with Crippen LogP contribution in [-0.4, -0.2) is 71.0 Å². The molecule has 4 atom stereocenters. The van der Waals surface area contributed by atoms with E-state index in [9.17, 15) is 15.0 Å². The van der Waals surface area contributed by atoms with Gasteiger partial charge in [-0.3, -0.25) is 24.8 Å². The second-order valence-corrected chi connectivity index (χ2v) is 8.82. The average Bonchev–Trinajstić information content (AvgIpc) is 3.43. The minimum atomic E-state index is -1.46. The molecule has 4 aromatic rings. The largest absolute Gasteiger partial charge is 0.387 e. The molecule has 0 saturated carbocycles. The van der Waals surface area contributed by atoms with Gasteiger partial charge in [-0.15, -0.1) is 0 Å². The Morgan fingerprint density at radius 1 is 1.11 bits per heavy atom. The first kappa shape index (κ1) is 24.6. The van der Waals surface area contributed by atoms with Crippen LogP contribution in [-0.2, 0) is 16.1 Å². The number of pyridine rings is 2. The van der Waals surface area contributed by atoms with Crippen LogP contribution < -0.4 is 16.2 Å². The van der Waals surface area contributed by atoms with E-state index in [1.54, 1.807) is 18.6 Å². The number of hydrazine groups is 1. The van der Waals surface area contributed by atoms with Gasteiger partial charge in [0.25, 0.3) is 5.91 Å². The van der Waals surface area contributed by atoms with Gasteiger partial charge in [0.05, 0.1) is 18.6 Å². The minimum Gasteiger partial charge on any atom is -0.387 e. The summed E-state index contributed by atoms with van der Waals surface area (Å²) in [7, 11) is 1.51. The number of aliphatic hydroxyl groups excluding tert-OH is 2. The number of carbonyl (C=O) groups excluding carboxylic acids is 1. The first-order chi connectivity index (χ1) is 17.9. The molecule has 0 aromatic carbocycles. The molecule has 1 amide bonds. The van der Waals surface area contributed by atoms with Gasteiger partial charge < -0.3 is 20.3 Å². The molecule has 0 unspecified atom stereocenters. The fourth-order valence-corrected chi connectivity index (χ4v) is 4.20. The van der Waals surface area contributed by atoms with E-state index >= 15 is 0 Å². The average molecular weight is 506 g/mol. The summed E-state index contributed by atoms with van der Waals surface area (Å²) in [5, 5.41) is 24.5. The van der Waals surface area contributed by atoms with Crippen molar-refractivity contribution < 1.29 is 19.7 Å². The predicted octanol–water partition coefficient (Wildman–Crippen LogP) is 0.382. The standard InChI is InChI=1S/C24H27N9O4/c1-12-4-5-27-15(7-12)10-28-21-16-22(31-20(30-21)14-6-13(2)8-26-9-14)33(11-29-16)24-18(35)17(34)19(37-24)23(36)32-25-3/h4-9,11,17-19,24-25,34-35H,10H2,1-3H3,(H,32,36)(H,28,30,31)/t17-,18+,19-,24+/m0/s1. The number of fused-ring (bicyclic) bond motifs is 1. The normalized spacial score (nSPS) is 21.3. The molecule has 1 saturated heterocycles. The lowest BCUT2D eigenvalue weighted by atomic mass is 10.1. The van der Waals surface area contributed by atoms with E-state index in [2.05, 4.69) is 31.1 Å². The quantitative estimate of drug-likeness (QED) is 0.220. The number of aryl methyl sites for hydroxylation is 2. The lowest BCUT2D eigenvalue weighted by Crippen LogP contribution is -2.46. The van der Waals surface area contributed by atoms with E-state index in [0.717, 1.165) is 16.8 Å². The van der Waals surface area contributed by atoms with Crippen LogP contribution in [0.1, 0.15) is 23.0 Å². The van der Waals surface area contributed by atoms with Crippen molar-refractivity contribution in [3.63, 3.8) is 0 Å². The summed E-state index contributed by atoms with van der Waals surface area (Å²) >= 11 is 0. The zero-order valence-corrected chi connectivity index (χ0v) is 20.5. The number of hydrogen-bond acceptors (Lipinski definition) is 11. The molecule has 0 aliphatic carbocycles. The lowest BCUT2D eigenvalue weighted by Gasteiger charge is -2.17. The highest BCUT2D eigenvalue weighted by atomic mass is 16.6. The van der Waals surface area contributed by atoms with Crippen LogP contribution in [0.5, 0.6) is 0 Å². The van der Waals surface area contributed by atoms with Crippen LogP contribution in [0.3, 0.4) is 0 Å². The summed E-state index contributed by atoms with van der Waals surface area (Å²) < 4.78 is 7.25. The van der Waals surface area contributed by atoms with Gasteiger partial charge in [-0.2, -0.15) is 0 Å². The molecule has 5 N–H and O–H groups in total. The number of aliphatic hydroxyl groups is 2. The molecule has 0 spiro atoms. The molecule has 37 heavy (non-hydrogen) atoms. The zero-order valence-electron chi connectivity index (χ0n) is 20.5. The van der Waals surface area contributed by atoms with Crippen LogP contribution in [0, 0.1) is 13.8 Å². The second kappa shape index (κ2) is 10.1. The van der Waals surface area contributed by atoms with Crippen molar-refractivity contribution in [3.05, 3.63) is 59.9 Å². The van der Waals surface area contributed by atoms with Crippen LogP contribution in [0.2, 0.25) is 0 Å². The van der Waals surface area contributed by atoms with Gasteiger partial charge >= 0.3 is 0 Å². The van der Waals surface area contributed by atoms with Crippen LogP contribution >= 0.6 is 0 Å². The van der Waals surface area contributed by atoms with Crippen LogP contribution in [0.15, 0.2) is 43.1 Å². The monoisotopic (exact) mass is 505 g/mol. The predicted molar refractivity (Wildman–Crippen MR) is 133 cm³/mol. The van der Waals surface area contributed by atoms with Crippen molar-refractivity contribution in [2.75, 3.05) is 12.4 Å². The molecule has 1 fully saturated rings. The number of amides is 1. The molecule has 0 radical (unpaired) electrons. The number of nitrogens with one attached hydrogen (secondary N) is 3. The van der Waals surface area contributed by atoms with E-state index < -0.39 is 30.4 Å². The van der Waals surface area contributed by atoms with Gasteiger partial charge in [-0.05, 0) is 43.2 Å². The molecule has 1 aliphatic heterocycles. The Morgan fingerprint density at radius 3 is 2.70 bits per heavy atom. The fourth-order valence-electron chi connectivity index (χ4n) is 4.20. The zero-order chi connectivity index (χ0) is 26.1. The molecule has 13 nitrogen and oxygen atoms in total. The molecule has 0 bridgehead atoms.